The maximum absolute atomic E-state index is 11.9. The molecule has 18 heavy (non-hydrogen) atoms. The molecule has 0 aromatic carbocycles. The van der Waals surface area contributed by atoms with Crippen LogP contribution in [0, 0.1) is 5.92 Å². The molecule has 0 amide bonds. The van der Waals surface area contributed by atoms with Gasteiger partial charge >= 0.3 is 0 Å². The van der Waals surface area contributed by atoms with Crippen LogP contribution in [-0.2, 0) is 10.0 Å². The Labute approximate surface area is 112 Å². The standard InChI is InChI=1S/C13H28N2O2S/c1-3-8-14-9-10-18(16,17)15-13-7-5-6-12(4-2)11-13/h12-15H,3-11H2,1-2H3. The van der Waals surface area contributed by atoms with Crippen LogP contribution in [0.2, 0.25) is 0 Å². The molecule has 108 valence electrons. The maximum atomic E-state index is 11.9. The minimum absolute atomic E-state index is 0.167. The number of sulfonamides is 1. The van der Waals surface area contributed by atoms with Gasteiger partial charge in [0.05, 0.1) is 5.75 Å². The second-order valence-electron chi connectivity index (χ2n) is 5.32. The lowest BCUT2D eigenvalue weighted by molar-refractivity contribution is 0.301. The van der Waals surface area contributed by atoms with Crippen molar-refractivity contribution in [1.29, 1.82) is 0 Å². The Bertz CT molecular complexity index is 317. The van der Waals surface area contributed by atoms with Crippen molar-refractivity contribution in [2.75, 3.05) is 18.8 Å². The van der Waals surface area contributed by atoms with Crippen molar-refractivity contribution < 1.29 is 8.42 Å². The van der Waals surface area contributed by atoms with Gasteiger partial charge in [-0.05, 0) is 31.7 Å². The molecule has 0 radical (unpaired) electrons. The van der Waals surface area contributed by atoms with Gasteiger partial charge in [0.1, 0.15) is 0 Å². The van der Waals surface area contributed by atoms with Gasteiger partial charge < -0.3 is 5.32 Å². The summed E-state index contributed by atoms with van der Waals surface area (Å²) in [7, 11) is -3.11. The molecule has 1 saturated carbocycles. The summed E-state index contributed by atoms with van der Waals surface area (Å²) >= 11 is 0. The Kier molecular flexibility index (Phi) is 7.19. The molecule has 0 bridgehead atoms. The molecule has 1 aliphatic rings. The van der Waals surface area contributed by atoms with Crippen molar-refractivity contribution in [3.63, 3.8) is 0 Å². The number of hydrogen-bond donors (Lipinski definition) is 2. The lowest BCUT2D eigenvalue weighted by Gasteiger charge is -2.28. The molecule has 4 nitrogen and oxygen atoms in total. The van der Waals surface area contributed by atoms with Crippen molar-refractivity contribution in [3.8, 4) is 0 Å². The van der Waals surface area contributed by atoms with E-state index in [1.54, 1.807) is 0 Å². The van der Waals surface area contributed by atoms with Crippen molar-refractivity contribution in [3.05, 3.63) is 0 Å². The van der Waals surface area contributed by atoms with E-state index in [1.807, 2.05) is 0 Å². The fraction of sp³-hybridized carbons (Fsp3) is 1.00. The summed E-state index contributed by atoms with van der Waals surface area (Å²) in [4.78, 5) is 0. The van der Waals surface area contributed by atoms with E-state index in [0.717, 1.165) is 38.6 Å². The number of hydrogen-bond acceptors (Lipinski definition) is 3. The first-order chi connectivity index (χ1) is 8.57. The van der Waals surface area contributed by atoms with Crippen molar-refractivity contribution >= 4 is 10.0 Å². The Hall–Kier alpha value is -0.130. The van der Waals surface area contributed by atoms with Crippen LogP contribution in [0.15, 0.2) is 0 Å². The van der Waals surface area contributed by atoms with Gasteiger partial charge in [0.2, 0.25) is 10.0 Å². The monoisotopic (exact) mass is 276 g/mol. The molecule has 0 heterocycles. The van der Waals surface area contributed by atoms with Gasteiger partial charge in [-0.15, -0.1) is 0 Å². The van der Waals surface area contributed by atoms with Crippen LogP contribution in [0.25, 0.3) is 0 Å². The molecule has 1 fully saturated rings. The smallest absolute Gasteiger partial charge is 0.213 e. The van der Waals surface area contributed by atoms with E-state index in [9.17, 15) is 8.42 Å². The quantitative estimate of drug-likeness (QED) is 0.665. The lowest BCUT2D eigenvalue weighted by atomic mass is 9.85. The largest absolute Gasteiger partial charge is 0.316 e. The van der Waals surface area contributed by atoms with Gasteiger partial charge in [0.15, 0.2) is 0 Å². The van der Waals surface area contributed by atoms with E-state index >= 15 is 0 Å². The summed E-state index contributed by atoms with van der Waals surface area (Å²) in [5.41, 5.74) is 0. The molecule has 0 aromatic rings. The second kappa shape index (κ2) is 8.12. The fourth-order valence-corrected chi connectivity index (χ4v) is 3.84. The van der Waals surface area contributed by atoms with E-state index in [4.69, 9.17) is 0 Å². The average molecular weight is 276 g/mol. The van der Waals surface area contributed by atoms with Gasteiger partial charge in [-0.1, -0.05) is 33.1 Å². The highest BCUT2D eigenvalue weighted by atomic mass is 32.2. The van der Waals surface area contributed by atoms with Gasteiger partial charge in [-0.2, -0.15) is 0 Å². The van der Waals surface area contributed by atoms with Crippen LogP contribution < -0.4 is 10.0 Å². The van der Waals surface area contributed by atoms with E-state index in [1.165, 1.54) is 6.42 Å². The van der Waals surface area contributed by atoms with Crippen LogP contribution in [0.1, 0.15) is 52.4 Å². The van der Waals surface area contributed by atoms with Gasteiger partial charge in [-0.25, -0.2) is 13.1 Å². The summed E-state index contributed by atoms with van der Waals surface area (Å²) in [6, 6.07) is 0.167. The van der Waals surface area contributed by atoms with Crippen LogP contribution in [0.4, 0.5) is 0 Å². The SMILES string of the molecule is CCCNCCS(=O)(=O)NC1CCCC(CC)C1. The lowest BCUT2D eigenvalue weighted by Crippen LogP contribution is -2.41. The molecule has 5 heteroatoms. The average Bonchev–Trinajstić information content (AvgIpc) is 2.34. The van der Waals surface area contributed by atoms with E-state index in [2.05, 4.69) is 23.9 Å². The summed E-state index contributed by atoms with van der Waals surface area (Å²) < 4.78 is 26.7. The van der Waals surface area contributed by atoms with E-state index in [-0.39, 0.29) is 11.8 Å². The highest BCUT2D eigenvalue weighted by molar-refractivity contribution is 7.89. The highest BCUT2D eigenvalue weighted by Crippen LogP contribution is 2.26. The molecule has 2 atom stereocenters. The summed E-state index contributed by atoms with van der Waals surface area (Å²) in [6.45, 7) is 5.70. The molecule has 2 unspecified atom stereocenters. The van der Waals surface area contributed by atoms with Gasteiger partial charge in [0, 0.05) is 12.6 Å². The molecular weight excluding hydrogens is 248 g/mol. The van der Waals surface area contributed by atoms with Gasteiger partial charge in [0.25, 0.3) is 0 Å². The van der Waals surface area contributed by atoms with E-state index < -0.39 is 10.0 Å². The maximum Gasteiger partial charge on any atom is 0.213 e. The topological polar surface area (TPSA) is 58.2 Å². The molecule has 0 aliphatic heterocycles. The molecule has 0 aromatic heterocycles. The molecule has 2 N–H and O–H groups in total. The summed E-state index contributed by atoms with van der Waals surface area (Å²) in [5, 5.41) is 3.13. The zero-order valence-corrected chi connectivity index (χ0v) is 12.6. The van der Waals surface area contributed by atoms with Crippen molar-refractivity contribution in [2.24, 2.45) is 5.92 Å². The van der Waals surface area contributed by atoms with Crippen molar-refractivity contribution in [2.45, 2.75) is 58.4 Å². The first kappa shape index (κ1) is 15.9. The van der Waals surface area contributed by atoms with Crippen LogP contribution in [-0.4, -0.2) is 33.3 Å². The molecule has 1 rings (SSSR count). The molecule has 1 aliphatic carbocycles. The molecular formula is C13H28N2O2S. The fourth-order valence-electron chi connectivity index (χ4n) is 2.59. The van der Waals surface area contributed by atoms with Crippen molar-refractivity contribution in [1.82, 2.24) is 10.0 Å². The first-order valence-electron chi connectivity index (χ1n) is 7.28. The second-order valence-corrected chi connectivity index (χ2v) is 7.20. The summed E-state index contributed by atoms with van der Waals surface area (Å²) in [6.07, 6.45) is 6.62. The third kappa shape index (κ3) is 6.16. The van der Waals surface area contributed by atoms with E-state index in [0.29, 0.717) is 12.5 Å². The predicted octanol–water partition coefficient (Wildman–Crippen LogP) is 1.87. The third-order valence-electron chi connectivity index (χ3n) is 3.68. The Morgan fingerprint density at radius 3 is 2.61 bits per heavy atom. The number of nitrogens with one attached hydrogen (secondary N) is 2. The van der Waals surface area contributed by atoms with Crippen LogP contribution in [0.3, 0.4) is 0 Å². The predicted molar refractivity (Wildman–Crippen MR) is 76.1 cm³/mol. The number of rotatable bonds is 8. The minimum Gasteiger partial charge on any atom is -0.316 e. The Morgan fingerprint density at radius 1 is 1.17 bits per heavy atom. The van der Waals surface area contributed by atoms with Crippen LogP contribution in [0.5, 0.6) is 0 Å². The normalized spacial score (nSPS) is 25.2. The minimum atomic E-state index is -3.11. The Morgan fingerprint density at radius 2 is 1.94 bits per heavy atom. The zero-order valence-electron chi connectivity index (χ0n) is 11.7. The van der Waals surface area contributed by atoms with Crippen LogP contribution >= 0.6 is 0 Å². The zero-order chi connectivity index (χ0) is 13.4. The highest BCUT2D eigenvalue weighted by Gasteiger charge is 2.24. The molecule has 0 spiro atoms. The Balaban J connectivity index is 2.30. The molecule has 0 saturated heterocycles. The summed E-state index contributed by atoms with van der Waals surface area (Å²) in [5.74, 6) is 0.893. The first-order valence-corrected chi connectivity index (χ1v) is 8.93. The van der Waals surface area contributed by atoms with Gasteiger partial charge in [-0.3, -0.25) is 0 Å². The third-order valence-corrected chi connectivity index (χ3v) is 5.11.